The topological polar surface area (TPSA) is 75.7 Å². The third-order valence-electron chi connectivity index (χ3n) is 2.24. The lowest BCUT2D eigenvalue weighted by atomic mass is 10.2. The predicted molar refractivity (Wildman–Crippen MR) is 67.1 cm³/mol. The quantitative estimate of drug-likeness (QED) is 0.814. The molecule has 6 nitrogen and oxygen atoms in total. The van der Waals surface area contributed by atoms with E-state index in [9.17, 15) is 14.4 Å². The molecule has 0 aliphatic carbocycles. The largest absolute Gasteiger partial charge is 0.444 e. The lowest BCUT2D eigenvalue weighted by molar-refractivity contribution is -0.126. The van der Waals surface area contributed by atoms with Crippen molar-refractivity contribution in [3.8, 4) is 0 Å². The number of hydrogen-bond donors (Lipinski definition) is 1. The summed E-state index contributed by atoms with van der Waals surface area (Å²) in [7, 11) is 1.49. The number of amides is 2. The summed E-state index contributed by atoms with van der Waals surface area (Å²) < 4.78 is 5.14. The molecule has 0 aliphatic rings. The summed E-state index contributed by atoms with van der Waals surface area (Å²) in [5.41, 5.74) is -0.605. The van der Waals surface area contributed by atoms with Crippen LogP contribution in [0.1, 0.15) is 34.6 Å². The Balaban J connectivity index is 4.40. The van der Waals surface area contributed by atoms with E-state index in [0.29, 0.717) is 0 Å². The molecule has 0 saturated heterocycles. The highest BCUT2D eigenvalue weighted by Crippen LogP contribution is 2.10. The Hall–Kier alpha value is -1.59. The normalized spacial score (nSPS) is 12.6. The smallest absolute Gasteiger partial charge is 0.410 e. The van der Waals surface area contributed by atoms with Crippen LogP contribution >= 0.6 is 0 Å². The van der Waals surface area contributed by atoms with E-state index in [4.69, 9.17) is 4.74 Å². The highest BCUT2D eigenvalue weighted by Gasteiger charge is 2.26. The molecule has 18 heavy (non-hydrogen) atoms. The van der Waals surface area contributed by atoms with Crippen LogP contribution in [0.3, 0.4) is 0 Å². The van der Waals surface area contributed by atoms with Gasteiger partial charge >= 0.3 is 6.09 Å². The number of ether oxygens (including phenoxy) is 1. The van der Waals surface area contributed by atoms with Gasteiger partial charge in [-0.2, -0.15) is 0 Å². The number of ketones is 1. The second kappa shape index (κ2) is 6.37. The summed E-state index contributed by atoms with van der Waals surface area (Å²) in [6.45, 7) is 8.08. The van der Waals surface area contributed by atoms with E-state index in [1.807, 2.05) is 0 Å². The van der Waals surface area contributed by atoms with Gasteiger partial charge in [-0.25, -0.2) is 4.79 Å². The van der Waals surface area contributed by atoms with E-state index in [1.165, 1.54) is 18.9 Å². The molecule has 0 bridgehead atoms. The molecule has 0 rings (SSSR count). The standard InChI is InChI=1S/C12H22N2O4/c1-8(10(16)7-13-9(2)15)14(6)11(17)18-12(3,4)5/h8H,7H2,1-6H3,(H,13,15). The fourth-order valence-electron chi connectivity index (χ4n) is 1.07. The first-order valence-corrected chi connectivity index (χ1v) is 5.77. The second-order valence-electron chi connectivity index (χ2n) is 5.14. The molecule has 1 atom stereocenters. The Morgan fingerprint density at radius 2 is 1.78 bits per heavy atom. The Morgan fingerprint density at radius 1 is 1.28 bits per heavy atom. The number of hydrogen-bond acceptors (Lipinski definition) is 4. The molecule has 0 aromatic heterocycles. The highest BCUT2D eigenvalue weighted by molar-refractivity contribution is 5.90. The van der Waals surface area contributed by atoms with Crippen LogP contribution < -0.4 is 5.32 Å². The van der Waals surface area contributed by atoms with E-state index in [0.717, 1.165) is 0 Å². The zero-order chi connectivity index (χ0) is 14.5. The SMILES string of the molecule is CC(=O)NCC(=O)C(C)N(C)C(=O)OC(C)(C)C. The Labute approximate surface area is 108 Å². The average Bonchev–Trinajstić information content (AvgIpc) is 2.21. The molecule has 1 unspecified atom stereocenters. The summed E-state index contributed by atoms with van der Waals surface area (Å²) in [6, 6.07) is -0.647. The number of rotatable bonds is 4. The zero-order valence-corrected chi connectivity index (χ0v) is 11.9. The molecular weight excluding hydrogens is 236 g/mol. The van der Waals surface area contributed by atoms with Gasteiger partial charge in [-0.3, -0.25) is 9.59 Å². The molecule has 1 N–H and O–H groups in total. The van der Waals surface area contributed by atoms with Gasteiger partial charge in [-0.15, -0.1) is 0 Å². The number of carbonyl (C=O) groups excluding carboxylic acids is 3. The number of Topliss-reactive ketones (excluding diaryl/α,β-unsaturated/α-hetero) is 1. The minimum absolute atomic E-state index is 0.0936. The molecule has 0 radical (unpaired) electrons. The van der Waals surface area contributed by atoms with Crippen LogP contribution in [0.4, 0.5) is 4.79 Å². The third-order valence-corrected chi connectivity index (χ3v) is 2.24. The maximum absolute atomic E-state index is 11.7. The zero-order valence-electron chi connectivity index (χ0n) is 11.9. The number of carbonyl (C=O) groups is 3. The summed E-state index contributed by atoms with van der Waals surface area (Å²) in [4.78, 5) is 35.3. The fraction of sp³-hybridized carbons (Fsp3) is 0.750. The second-order valence-corrected chi connectivity index (χ2v) is 5.14. The van der Waals surface area contributed by atoms with Crippen molar-refractivity contribution in [1.82, 2.24) is 10.2 Å². The first-order valence-electron chi connectivity index (χ1n) is 5.77. The molecular formula is C12H22N2O4. The maximum atomic E-state index is 11.7. The minimum Gasteiger partial charge on any atom is -0.444 e. The Morgan fingerprint density at radius 3 is 2.17 bits per heavy atom. The van der Waals surface area contributed by atoms with Crippen LogP contribution in [0.5, 0.6) is 0 Å². The molecule has 0 heterocycles. The van der Waals surface area contributed by atoms with E-state index in [1.54, 1.807) is 27.7 Å². The molecule has 0 aliphatic heterocycles. The Kier molecular flexibility index (Phi) is 5.81. The van der Waals surface area contributed by atoms with Crippen LogP contribution in [-0.2, 0) is 14.3 Å². The molecule has 6 heteroatoms. The number of likely N-dealkylation sites (N-methyl/N-ethyl adjacent to an activating group) is 1. The van der Waals surface area contributed by atoms with Crippen molar-refractivity contribution in [2.45, 2.75) is 46.3 Å². The van der Waals surface area contributed by atoms with Crippen LogP contribution in [0.2, 0.25) is 0 Å². The summed E-state index contributed by atoms with van der Waals surface area (Å²) in [5, 5.41) is 2.40. The van der Waals surface area contributed by atoms with E-state index in [-0.39, 0.29) is 18.2 Å². The van der Waals surface area contributed by atoms with Crippen LogP contribution in [0.15, 0.2) is 0 Å². The van der Waals surface area contributed by atoms with Crippen molar-refractivity contribution in [2.75, 3.05) is 13.6 Å². The lowest BCUT2D eigenvalue weighted by Crippen LogP contribution is -2.46. The van der Waals surface area contributed by atoms with Gasteiger partial charge in [0.05, 0.1) is 12.6 Å². The van der Waals surface area contributed by atoms with Crippen LogP contribution in [0, 0.1) is 0 Å². The van der Waals surface area contributed by atoms with E-state index >= 15 is 0 Å². The molecule has 0 aromatic rings. The summed E-state index contributed by atoms with van der Waals surface area (Å²) >= 11 is 0. The van der Waals surface area contributed by atoms with Crippen molar-refractivity contribution in [2.24, 2.45) is 0 Å². The molecule has 104 valence electrons. The molecule has 0 fully saturated rings. The van der Waals surface area contributed by atoms with Crippen LogP contribution in [0.25, 0.3) is 0 Å². The van der Waals surface area contributed by atoms with Gasteiger partial charge in [0, 0.05) is 14.0 Å². The van der Waals surface area contributed by atoms with Gasteiger partial charge in [-0.05, 0) is 27.7 Å². The first kappa shape index (κ1) is 16.4. The molecule has 0 saturated carbocycles. The van der Waals surface area contributed by atoms with Crippen molar-refractivity contribution >= 4 is 17.8 Å². The summed E-state index contributed by atoms with van der Waals surface area (Å²) in [5.74, 6) is -0.533. The van der Waals surface area contributed by atoms with Gasteiger partial charge in [0.1, 0.15) is 5.60 Å². The van der Waals surface area contributed by atoms with E-state index in [2.05, 4.69) is 5.32 Å². The van der Waals surface area contributed by atoms with Gasteiger partial charge < -0.3 is 15.0 Å². The fourth-order valence-corrected chi connectivity index (χ4v) is 1.07. The minimum atomic E-state index is -0.647. The van der Waals surface area contributed by atoms with Crippen molar-refractivity contribution in [3.05, 3.63) is 0 Å². The van der Waals surface area contributed by atoms with Gasteiger partial charge in [0.15, 0.2) is 5.78 Å². The van der Waals surface area contributed by atoms with Crippen molar-refractivity contribution in [3.63, 3.8) is 0 Å². The van der Waals surface area contributed by atoms with Gasteiger partial charge in [0.2, 0.25) is 5.91 Å². The Bertz CT molecular complexity index is 333. The van der Waals surface area contributed by atoms with Crippen molar-refractivity contribution in [1.29, 1.82) is 0 Å². The van der Waals surface area contributed by atoms with Crippen LogP contribution in [-0.4, -0.2) is 47.9 Å². The molecule has 0 aromatic carbocycles. The monoisotopic (exact) mass is 258 g/mol. The maximum Gasteiger partial charge on any atom is 0.410 e. The lowest BCUT2D eigenvalue weighted by Gasteiger charge is -2.28. The third kappa shape index (κ3) is 6.22. The number of nitrogens with zero attached hydrogens (tertiary/aromatic N) is 1. The highest BCUT2D eigenvalue weighted by atomic mass is 16.6. The molecule has 0 spiro atoms. The summed E-state index contributed by atoms with van der Waals surface area (Å²) in [6.07, 6.45) is -0.564. The van der Waals surface area contributed by atoms with Gasteiger partial charge in [-0.1, -0.05) is 0 Å². The molecule has 2 amide bonds. The average molecular weight is 258 g/mol. The van der Waals surface area contributed by atoms with Crippen molar-refractivity contribution < 1.29 is 19.1 Å². The van der Waals surface area contributed by atoms with E-state index < -0.39 is 17.7 Å². The first-order chi connectivity index (χ1) is 8.04. The number of nitrogens with one attached hydrogen (secondary N) is 1. The predicted octanol–water partition coefficient (Wildman–Crippen LogP) is 0.947. The van der Waals surface area contributed by atoms with Gasteiger partial charge in [0.25, 0.3) is 0 Å².